The Morgan fingerprint density at radius 3 is 2.28 bits per heavy atom. The average Bonchev–Trinajstić information content (AvgIpc) is 3.10. The first-order valence-electron chi connectivity index (χ1n) is 7.17. The fourth-order valence-electron chi connectivity index (χ4n) is 1.94. The van der Waals surface area contributed by atoms with E-state index in [0.717, 1.165) is 30.9 Å². The number of guanidine groups is 1. The van der Waals surface area contributed by atoms with Crippen LogP contribution >= 0.6 is 24.0 Å². The first kappa shape index (κ1) is 18.0. The molecule has 0 aromatic heterocycles. The van der Waals surface area contributed by atoms with Crippen molar-refractivity contribution in [3.05, 3.63) is 0 Å². The highest BCUT2D eigenvalue weighted by atomic mass is 127. The summed E-state index contributed by atoms with van der Waals surface area (Å²) in [5, 5.41) is 6.75. The van der Waals surface area contributed by atoms with Crippen LogP contribution in [0.2, 0.25) is 0 Å². The number of hydrogen-bond acceptors (Lipinski definition) is 1. The summed E-state index contributed by atoms with van der Waals surface area (Å²) in [6, 6.07) is 0. The SMILES string of the molecule is CN=C(NCCCC(C)C)NCCCC1CC1.I. The van der Waals surface area contributed by atoms with E-state index in [4.69, 9.17) is 0 Å². The summed E-state index contributed by atoms with van der Waals surface area (Å²) in [5.41, 5.74) is 0. The van der Waals surface area contributed by atoms with Gasteiger partial charge >= 0.3 is 0 Å². The quantitative estimate of drug-likeness (QED) is 0.299. The number of aliphatic imine (C=N–C) groups is 1. The van der Waals surface area contributed by atoms with Gasteiger partial charge in [-0.2, -0.15) is 0 Å². The fourth-order valence-corrected chi connectivity index (χ4v) is 1.94. The van der Waals surface area contributed by atoms with Crippen LogP contribution < -0.4 is 10.6 Å². The Morgan fingerprint density at radius 1 is 1.17 bits per heavy atom. The predicted octanol–water partition coefficient (Wildman–Crippen LogP) is 3.40. The molecule has 4 heteroatoms. The lowest BCUT2D eigenvalue weighted by Gasteiger charge is -2.12. The van der Waals surface area contributed by atoms with E-state index in [2.05, 4.69) is 29.5 Å². The smallest absolute Gasteiger partial charge is 0.190 e. The van der Waals surface area contributed by atoms with E-state index in [0.29, 0.717) is 0 Å². The maximum absolute atomic E-state index is 4.23. The van der Waals surface area contributed by atoms with Gasteiger partial charge in [0.2, 0.25) is 0 Å². The Hall–Kier alpha value is 0. The molecule has 108 valence electrons. The van der Waals surface area contributed by atoms with Crippen molar-refractivity contribution in [1.82, 2.24) is 10.6 Å². The van der Waals surface area contributed by atoms with Crippen LogP contribution in [0, 0.1) is 11.8 Å². The van der Waals surface area contributed by atoms with Gasteiger partial charge in [0.1, 0.15) is 0 Å². The summed E-state index contributed by atoms with van der Waals surface area (Å²) >= 11 is 0. The highest BCUT2D eigenvalue weighted by molar-refractivity contribution is 14.0. The zero-order chi connectivity index (χ0) is 12.5. The molecule has 0 saturated heterocycles. The molecule has 1 aliphatic carbocycles. The molecule has 0 atom stereocenters. The summed E-state index contributed by atoms with van der Waals surface area (Å²) in [4.78, 5) is 4.23. The van der Waals surface area contributed by atoms with Gasteiger partial charge in [-0.25, -0.2) is 0 Å². The van der Waals surface area contributed by atoms with Crippen LogP contribution in [-0.4, -0.2) is 26.1 Å². The summed E-state index contributed by atoms with van der Waals surface area (Å²) in [6.07, 6.45) is 8.09. The molecule has 0 radical (unpaired) electrons. The topological polar surface area (TPSA) is 36.4 Å². The lowest BCUT2D eigenvalue weighted by atomic mass is 10.1. The zero-order valence-electron chi connectivity index (χ0n) is 12.2. The molecule has 0 spiro atoms. The monoisotopic (exact) mass is 367 g/mol. The first-order valence-corrected chi connectivity index (χ1v) is 7.17. The van der Waals surface area contributed by atoms with Crippen LogP contribution in [0.5, 0.6) is 0 Å². The second-order valence-corrected chi connectivity index (χ2v) is 5.55. The Morgan fingerprint density at radius 2 is 1.78 bits per heavy atom. The molecular weight excluding hydrogens is 337 g/mol. The molecule has 18 heavy (non-hydrogen) atoms. The third kappa shape index (κ3) is 9.97. The molecule has 0 aliphatic heterocycles. The lowest BCUT2D eigenvalue weighted by molar-refractivity contribution is 0.548. The molecule has 0 aromatic carbocycles. The van der Waals surface area contributed by atoms with E-state index in [-0.39, 0.29) is 24.0 Å². The molecule has 0 heterocycles. The third-order valence-electron chi connectivity index (χ3n) is 3.25. The maximum Gasteiger partial charge on any atom is 0.190 e. The second-order valence-electron chi connectivity index (χ2n) is 5.55. The van der Waals surface area contributed by atoms with Gasteiger partial charge in [-0.15, -0.1) is 24.0 Å². The number of rotatable bonds is 8. The van der Waals surface area contributed by atoms with Crippen molar-refractivity contribution in [2.24, 2.45) is 16.8 Å². The molecule has 0 unspecified atom stereocenters. The van der Waals surface area contributed by atoms with E-state index < -0.39 is 0 Å². The Bertz CT molecular complexity index is 213. The highest BCUT2D eigenvalue weighted by Gasteiger charge is 2.19. The van der Waals surface area contributed by atoms with Crippen LogP contribution in [0.25, 0.3) is 0 Å². The summed E-state index contributed by atoms with van der Waals surface area (Å²) in [6.45, 7) is 6.62. The Kier molecular flexibility index (Phi) is 10.9. The minimum absolute atomic E-state index is 0. The second kappa shape index (κ2) is 10.9. The van der Waals surface area contributed by atoms with Gasteiger partial charge in [-0.05, 0) is 37.5 Å². The van der Waals surface area contributed by atoms with E-state index in [1.807, 2.05) is 7.05 Å². The van der Waals surface area contributed by atoms with Crippen molar-refractivity contribution >= 4 is 29.9 Å². The molecule has 0 aromatic rings. The molecule has 0 bridgehead atoms. The molecule has 2 N–H and O–H groups in total. The maximum atomic E-state index is 4.23. The minimum atomic E-state index is 0. The van der Waals surface area contributed by atoms with Crippen LogP contribution in [0.4, 0.5) is 0 Å². The standard InChI is InChI=1S/C14H29N3.HI/c1-12(2)6-4-10-16-14(15-3)17-11-5-7-13-8-9-13;/h12-13H,4-11H2,1-3H3,(H2,15,16,17);1H. The van der Waals surface area contributed by atoms with Gasteiger partial charge in [0.25, 0.3) is 0 Å². The predicted molar refractivity (Wildman–Crippen MR) is 90.8 cm³/mol. The summed E-state index contributed by atoms with van der Waals surface area (Å²) in [5.74, 6) is 2.80. The average molecular weight is 367 g/mol. The summed E-state index contributed by atoms with van der Waals surface area (Å²) < 4.78 is 0. The largest absolute Gasteiger partial charge is 0.356 e. The molecule has 1 aliphatic rings. The molecule has 1 rings (SSSR count). The van der Waals surface area contributed by atoms with E-state index in [1.165, 1.54) is 38.5 Å². The number of nitrogens with one attached hydrogen (secondary N) is 2. The normalized spacial score (nSPS) is 15.4. The van der Waals surface area contributed by atoms with Gasteiger partial charge in [0.05, 0.1) is 0 Å². The van der Waals surface area contributed by atoms with E-state index in [1.54, 1.807) is 0 Å². The summed E-state index contributed by atoms with van der Waals surface area (Å²) in [7, 11) is 1.85. The van der Waals surface area contributed by atoms with Gasteiger partial charge in [-0.1, -0.05) is 26.7 Å². The van der Waals surface area contributed by atoms with Gasteiger partial charge in [0.15, 0.2) is 5.96 Å². The van der Waals surface area contributed by atoms with Gasteiger partial charge in [-0.3, -0.25) is 4.99 Å². The number of halogens is 1. The van der Waals surface area contributed by atoms with Crippen LogP contribution in [0.15, 0.2) is 4.99 Å². The lowest BCUT2D eigenvalue weighted by Crippen LogP contribution is -2.38. The Labute approximate surface area is 130 Å². The molecule has 1 saturated carbocycles. The number of nitrogens with zero attached hydrogens (tertiary/aromatic N) is 1. The van der Waals surface area contributed by atoms with Crippen LogP contribution in [-0.2, 0) is 0 Å². The van der Waals surface area contributed by atoms with Crippen molar-refractivity contribution in [3.8, 4) is 0 Å². The van der Waals surface area contributed by atoms with Crippen molar-refractivity contribution < 1.29 is 0 Å². The number of hydrogen-bond donors (Lipinski definition) is 2. The zero-order valence-corrected chi connectivity index (χ0v) is 14.5. The highest BCUT2D eigenvalue weighted by Crippen LogP contribution is 2.33. The first-order chi connectivity index (χ1) is 8.22. The third-order valence-corrected chi connectivity index (χ3v) is 3.25. The molecular formula is C14H30IN3. The van der Waals surface area contributed by atoms with Crippen molar-refractivity contribution in [2.75, 3.05) is 20.1 Å². The van der Waals surface area contributed by atoms with Crippen molar-refractivity contribution in [1.29, 1.82) is 0 Å². The van der Waals surface area contributed by atoms with Crippen molar-refractivity contribution in [2.45, 2.75) is 52.4 Å². The van der Waals surface area contributed by atoms with E-state index >= 15 is 0 Å². The van der Waals surface area contributed by atoms with E-state index in [9.17, 15) is 0 Å². The van der Waals surface area contributed by atoms with Crippen molar-refractivity contribution in [3.63, 3.8) is 0 Å². The Balaban J connectivity index is 0.00000289. The molecule has 3 nitrogen and oxygen atoms in total. The van der Waals surface area contributed by atoms with Crippen LogP contribution in [0.3, 0.4) is 0 Å². The van der Waals surface area contributed by atoms with Crippen LogP contribution in [0.1, 0.15) is 52.4 Å². The van der Waals surface area contributed by atoms with Gasteiger partial charge < -0.3 is 10.6 Å². The molecule has 0 amide bonds. The minimum Gasteiger partial charge on any atom is -0.356 e. The fraction of sp³-hybridized carbons (Fsp3) is 0.929. The van der Waals surface area contributed by atoms with Gasteiger partial charge in [0, 0.05) is 20.1 Å². The molecule has 1 fully saturated rings.